The van der Waals surface area contributed by atoms with Gasteiger partial charge in [-0.3, -0.25) is 9.69 Å². The Bertz CT molecular complexity index is 650. The molecule has 1 amide bonds. The maximum absolute atomic E-state index is 12.5. The summed E-state index contributed by atoms with van der Waals surface area (Å²) in [6, 6.07) is 2.32. The second-order valence-electron chi connectivity index (χ2n) is 7.86. The van der Waals surface area contributed by atoms with E-state index in [2.05, 4.69) is 37.1 Å². The van der Waals surface area contributed by atoms with Gasteiger partial charge in [0.15, 0.2) is 0 Å². The lowest BCUT2D eigenvalue weighted by molar-refractivity contribution is -0.117. The van der Waals surface area contributed by atoms with E-state index in [1.54, 1.807) is 11.3 Å². The first-order valence-corrected chi connectivity index (χ1v) is 9.84. The van der Waals surface area contributed by atoms with Gasteiger partial charge in [-0.25, -0.2) is 0 Å². The molecule has 4 nitrogen and oxygen atoms in total. The molecule has 2 aliphatic rings. The molecule has 5 heteroatoms. The third kappa shape index (κ3) is 3.81. The number of fused-ring (bicyclic) bond motifs is 1. The van der Waals surface area contributed by atoms with Gasteiger partial charge in [-0.2, -0.15) is 5.26 Å². The van der Waals surface area contributed by atoms with E-state index in [0.29, 0.717) is 29.9 Å². The summed E-state index contributed by atoms with van der Waals surface area (Å²) in [4.78, 5) is 16.0. The molecule has 0 aromatic carbocycles. The van der Waals surface area contributed by atoms with Crippen molar-refractivity contribution in [2.24, 2.45) is 17.8 Å². The first kappa shape index (κ1) is 17.4. The number of anilines is 1. The molecule has 1 aliphatic heterocycles. The van der Waals surface area contributed by atoms with Gasteiger partial charge in [-0.05, 0) is 49.0 Å². The van der Waals surface area contributed by atoms with Crippen molar-refractivity contribution >= 4 is 22.2 Å². The highest BCUT2D eigenvalue weighted by Gasteiger charge is 2.26. The highest BCUT2D eigenvalue weighted by atomic mass is 32.1. The van der Waals surface area contributed by atoms with E-state index in [1.165, 1.54) is 16.9 Å². The summed E-state index contributed by atoms with van der Waals surface area (Å²) in [6.45, 7) is 9.17. The molecule has 1 aromatic rings. The van der Waals surface area contributed by atoms with E-state index in [9.17, 15) is 10.1 Å². The summed E-state index contributed by atoms with van der Waals surface area (Å²) in [5.74, 6) is 1.97. The number of carbonyl (C=O) groups is 1. The van der Waals surface area contributed by atoms with Crippen molar-refractivity contribution in [1.29, 1.82) is 5.26 Å². The topological polar surface area (TPSA) is 56.1 Å². The first-order valence-electron chi connectivity index (χ1n) is 9.03. The maximum Gasteiger partial charge on any atom is 0.239 e. The fraction of sp³-hybridized carbons (Fsp3) is 0.684. The highest BCUT2D eigenvalue weighted by molar-refractivity contribution is 7.16. The number of thiophene rings is 1. The molecule has 1 aliphatic carbocycles. The molecular formula is C19H27N3OS. The Morgan fingerprint density at radius 1 is 1.29 bits per heavy atom. The van der Waals surface area contributed by atoms with Gasteiger partial charge in [0.25, 0.3) is 0 Å². The van der Waals surface area contributed by atoms with E-state index in [0.717, 1.165) is 37.4 Å². The lowest BCUT2D eigenvalue weighted by Crippen LogP contribution is -2.42. The van der Waals surface area contributed by atoms with Crippen LogP contribution in [0.15, 0.2) is 0 Å². The normalized spacial score (nSPS) is 27.3. The van der Waals surface area contributed by atoms with Crippen LogP contribution in [-0.2, 0) is 17.6 Å². The molecule has 3 rings (SSSR count). The Balaban J connectivity index is 1.67. The Morgan fingerprint density at radius 2 is 2.00 bits per heavy atom. The van der Waals surface area contributed by atoms with Gasteiger partial charge in [0, 0.05) is 18.0 Å². The number of rotatable bonds is 3. The zero-order chi connectivity index (χ0) is 17.3. The van der Waals surface area contributed by atoms with Gasteiger partial charge in [0.1, 0.15) is 11.1 Å². The first-order chi connectivity index (χ1) is 11.5. The summed E-state index contributed by atoms with van der Waals surface area (Å²) < 4.78 is 0. The molecule has 1 aromatic heterocycles. The van der Waals surface area contributed by atoms with Crippen LogP contribution in [0.1, 0.15) is 49.6 Å². The van der Waals surface area contributed by atoms with Crippen molar-refractivity contribution in [2.45, 2.75) is 46.5 Å². The lowest BCUT2D eigenvalue weighted by atomic mass is 9.88. The van der Waals surface area contributed by atoms with E-state index in [1.807, 2.05) is 0 Å². The van der Waals surface area contributed by atoms with Crippen LogP contribution in [0.3, 0.4) is 0 Å². The van der Waals surface area contributed by atoms with Crippen LogP contribution >= 0.6 is 11.3 Å². The number of nitrogens with zero attached hydrogens (tertiary/aromatic N) is 2. The van der Waals surface area contributed by atoms with Gasteiger partial charge < -0.3 is 5.32 Å². The molecule has 24 heavy (non-hydrogen) atoms. The average Bonchev–Trinajstić information content (AvgIpc) is 2.81. The Hall–Kier alpha value is -1.38. The minimum atomic E-state index is 0.0134. The molecule has 2 heterocycles. The molecule has 1 N–H and O–H groups in total. The number of hydrogen-bond donors (Lipinski definition) is 1. The van der Waals surface area contributed by atoms with Gasteiger partial charge in [0.05, 0.1) is 12.1 Å². The van der Waals surface area contributed by atoms with Crippen molar-refractivity contribution in [3.63, 3.8) is 0 Å². The Labute approximate surface area is 148 Å². The fourth-order valence-corrected chi connectivity index (χ4v) is 5.62. The SMILES string of the molecule is C[C@H]1CCc2c(sc(NC(=O)CN3C[C@@H](C)C[C@H](C)C3)c2C#N)C1. The summed E-state index contributed by atoms with van der Waals surface area (Å²) in [7, 11) is 0. The molecule has 1 fully saturated rings. The van der Waals surface area contributed by atoms with E-state index < -0.39 is 0 Å². The van der Waals surface area contributed by atoms with Crippen molar-refractivity contribution in [1.82, 2.24) is 4.90 Å². The van der Waals surface area contributed by atoms with E-state index in [4.69, 9.17) is 0 Å². The van der Waals surface area contributed by atoms with E-state index >= 15 is 0 Å². The van der Waals surface area contributed by atoms with Crippen molar-refractivity contribution in [3.8, 4) is 6.07 Å². The molecule has 1 saturated heterocycles. The molecule has 0 bridgehead atoms. The summed E-state index contributed by atoms with van der Waals surface area (Å²) in [6.07, 6.45) is 4.38. The maximum atomic E-state index is 12.5. The summed E-state index contributed by atoms with van der Waals surface area (Å²) in [5.41, 5.74) is 1.88. The van der Waals surface area contributed by atoms with E-state index in [-0.39, 0.29) is 5.91 Å². The van der Waals surface area contributed by atoms with Gasteiger partial charge in [-0.15, -0.1) is 11.3 Å². The quantitative estimate of drug-likeness (QED) is 0.909. The smallest absolute Gasteiger partial charge is 0.239 e. The number of likely N-dealkylation sites (tertiary alicyclic amines) is 1. The Kier molecular flexibility index (Phi) is 5.27. The number of nitriles is 1. The number of amides is 1. The highest BCUT2D eigenvalue weighted by Crippen LogP contribution is 2.39. The molecule has 0 spiro atoms. The second-order valence-corrected chi connectivity index (χ2v) is 8.96. The van der Waals surface area contributed by atoms with Crippen LogP contribution in [0.5, 0.6) is 0 Å². The van der Waals surface area contributed by atoms with Gasteiger partial charge in [0.2, 0.25) is 5.91 Å². The molecule has 3 atom stereocenters. The van der Waals surface area contributed by atoms with Crippen molar-refractivity contribution in [2.75, 3.05) is 25.0 Å². The van der Waals surface area contributed by atoms with Crippen LogP contribution in [0.25, 0.3) is 0 Å². The van der Waals surface area contributed by atoms with Crippen LogP contribution in [0.4, 0.5) is 5.00 Å². The molecule has 0 radical (unpaired) electrons. The van der Waals surface area contributed by atoms with Crippen LogP contribution < -0.4 is 5.32 Å². The number of carbonyl (C=O) groups excluding carboxylic acids is 1. The van der Waals surface area contributed by atoms with Crippen LogP contribution in [-0.4, -0.2) is 30.4 Å². The largest absolute Gasteiger partial charge is 0.315 e. The molecule has 0 unspecified atom stereocenters. The zero-order valence-corrected chi connectivity index (χ0v) is 15.7. The predicted octanol–water partition coefficient (Wildman–Crippen LogP) is 3.66. The second kappa shape index (κ2) is 7.25. The third-order valence-electron chi connectivity index (χ3n) is 5.19. The van der Waals surface area contributed by atoms with Crippen molar-refractivity contribution in [3.05, 3.63) is 16.0 Å². The molecule has 130 valence electrons. The molecule has 0 saturated carbocycles. The minimum absolute atomic E-state index is 0.0134. The van der Waals surface area contributed by atoms with Crippen molar-refractivity contribution < 1.29 is 4.79 Å². The lowest BCUT2D eigenvalue weighted by Gasteiger charge is -2.34. The number of hydrogen-bond acceptors (Lipinski definition) is 4. The zero-order valence-electron chi connectivity index (χ0n) is 14.9. The third-order valence-corrected chi connectivity index (χ3v) is 6.36. The number of nitrogens with one attached hydrogen (secondary N) is 1. The minimum Gasteiger partial charge on any atom is -0.315 e. The molecular weight excluding hydrogens is 318 g/mol. The van der Waals surface area contributed by atoms with Crippen LogP contribution in [0, 0.1) is 29.1 Å². The predicted molar refractivity (Wildman–Crippen MR) is 98.2 cm³/mol. The fourth-order valence-electron chi connectivity index (χ4n) is 4.25. The standard InChI is InChI=1S/C19H27N3OS/c1-12-4-5-15-16(8-20)19(24-17(15)7-12)21-18(23)11-22-9-13(2)6-14(3)10-22/h12-14H,4-7,9-11H2,1-3H3,(H,21,23)/t12-,13-,14-/m0/s1. The van der Waals surface area contributed by atoms with Gasteiger partial charge in [-0.1, -0.05) is 20.8 Å². The monoisotopic (exact) mass is 345 g/mol. The number of piperidine rings is 1. The average molecular weight is 346 g/mol. The van der Waals surface area contributed by atoms with Gasteiger partial charge >= 0.3 is 0 Å². The van der Waals surface area contributed by atoms with Crippen LogP contribution in [0.2, 0.25) is 0 Å². The Morgan fingerprint density at radius 3 is 2.67 bits per heavy atom. The summed E-state index contributed by atoms with van der Waals surface area (Å²) >= 11 is 1.61. The summed E-state index contributed by atoms with van der Waals surface area (Å²) in [5, 5.41) is 13.3.